The third-order valence-corrected chi connectivity index (χ3v) is 5.16. The van der Waals surface area contributed by atoms with Crippen molar-refractivity contribution in [3.8, 4) is 0 Å². The molecule has 0 aliphatic carbocycles. The average molecular weight is 358 g/mol. The molecule has 1 fully saturated rings. The van der Waals surface area contributed by atoms with Crippen molar-refractivity contribution in [2.24, 2.45) is 0 Å². The molecule has 1 saturated heterocycles. The summed E-state index contributed by atoms with van der Waals surface area (Å²) in [6.07, 6.45) is -4.14. The van der Waals surface area contributed by atoms with Crippen molar-refractivity contribution < 1.29 is 23.1 Å². The minimum atomic E-state index is -4.14. The Morgan fingerprint density at radius 1 is 1.12 bits per heavy atom. The number of rotatable bonds is 4. The molecule has 130 valence electrons. The molecule has 0 bridgehead atoms. The molecule has 1 aliphatic heterocycles. The number of hydrogen-bond donors (Lipinski definition) is 1. The fourth-order valence-corrected chi connectivity index (χ4v) is 3.86. The summed E-state index contributed by atoms with van der Waals surface area (Å²) in [4.78, 5) is 14.9. The number of aromatic carboxylic acids is 1. The highest BCUT2D eigenvalue weighted by Gasteiger charge is 2.32. The zero-order valence-corrected chi connectivity index (χ0v) is 13.7. The Bertz CT molecular complexity index is 736. The number of piperazine rings is 1. The van der Waals surface area contributed by atoms with Crippen molar-refractivity contribution in [3.63, 3.8) is 0 Å². The maximum atomic E-state index is 12.4. The molecule has 0 unspecified atom stereocenters. The molecule has 1 aromatic carbocycles. The topological polar surface area (TPSA) is 43.8 Å². The number of nitrogens with zero attached hydrogens (tertiary/aromatic N) is 2. The first kappa shape index (κ1) is 17.2. The Balaban J connectivity index is 1.61. The van der Waals surface area contributed by atoms with E-state index in [1.165, 1.54) is 16.2 Å². The molecule has 4 nitrogen and oxygen atoms in total. The Morgan fingerprint density at radius 3 is 2.42 bits per heavy atom. The molecular formula is C16H17F3N2O2S. The molecular weight excluding hydrogens is 341 g/mol. The van der Waals surface area contributed by atoms with Gasteiger partial charge in [-0.25, -0.2) is 4.79 Å². The summed E-state index contributed by atoms with van der Waals surface area (Å²) in [5.74, 6) is -0.932. The van der Waals surface area contributed by atoms with Crippen LogP contribution in [0.1, 0.15) is 15.2 Å². The summed E-state index contributed by atoms with van der Waals surface area (Å²) >= 11 is 1.24. The smallest absolute Gasteiger partial charge is 0.401 e. The van der Waals surface area contributed by atoms with E-state index in [4.69, 9.17) is 5.11 Å². The zero-order valence-electron chi connectivity index (χ0n) is 12.8. The SMILES string of the molecule is O=C(O)c1cc2ccc(CN3CCN(CC(F)(F)F)CC3)cc2s1. The third kappa shape index (κ3) is 4.25. The van der Waals surface area contributed by atoms with E-state index in [2.05, 4.69) is 4.90 Å². The molecule has 0 radical (unpaired) electrons. The van der Waals surface area contributed by atoms with Crippen LogP contribution >= 0.6 is 11.3 Å². The molecule has 0 saturated carbocycles. The van der Waals surface area contributed by atoms with E-state index in [9.17, 15) is 18.0 Å². The second-order valence-electron chi connectivity index (χ2n) is 5.96. The van der Waals surface area contributed by atoms with Gasteiger partial charge in [-0.1, -0.05) is 12.1 Å². The lowest BCUT2D eigenvalue weighted by molar-refractivity contribution is -0.149. The van der Waals surface area contributed by atoms with Gasteiger partial charge < -0.3 is 5.11 Å². The minimum absolute atomic E-state index is 0.308. The summed E-state index contributed by atoms with van der Waals surface area (Å²) in [5.41, 5.74) is 1.05. The van der Waals surface area contributed by atoms with E-state index < -0.39 is 18.7 Å². The van der Waals surface area contributed by atoms with Gasteiger partial charge in [0.1, 0.15) is 4.88 Å². The van der Waals surface area contributed by atoms with Crippen LogP contribution in [0.15, 0.2) is 24.3 Å². The van der Waals surface area contributed by atoms with Crippen molar-refractivity contribution in [1.29, 1.82) is 0 Å². The average Bonchev–Trinajstić information content (AvgIpc) is 2.91. The van der Waals surface area contributed by atoms with Gasteiger partial charge in [0.05, 0.1) is 6.54 Å². The number of alkyl halides is 3. The Hall–Kier alpha value is -1.64. The van der Waals surface area contributed by atoms with Gasteiger partial charge in [0.25, 0.3) is 0 Å². The van der Waals surface area contributed by atoms with Crippen molar-refractivity contribution >= 4 is 27.4 Å². The Labute approximate surface area is 141 Å². The first-order valence-electron chi connectivity index (χ1n) is 7.57. The number of halogens is 3. The van der Waals surface area contributed by atoms with E-state index in [1.54, 1.807) is 6.07 Å². The molecule has 3 rings (SSSR count). The van der Waals surface area contributed by atoms with Gasteiger partial charge in [-0.3, -0.25) is 9.80 Å². The quantitative estimate of drug-likeness (QED) is 0.911. The fourth-order valence-electron chi connectivity index (χ4n) is 2.90. The van der Waals surface area contributed by atoms with Gasteiger partial charge in [-0.2, -0.15) is 13.2 Å². The number of hydrogen-bond acceptors (Lipinski definition) is 4. The van der Waals surface area contributed by atoms with Crippen LogP contribution in [0.25, 0.3) is 10.1 Å². The minimum Gasteiger partial charge on any atom is -0.477 e. The highest BCUT2D eigenvalue weighted by atomic mass is 32.1. The maximum Gasteiger partial charge on any atom is 0.401 e. The summed E-state index contributed by atoms with van der Waals surface area (Å²) in [6, 6.07) is 7.47. The van der Waals surface area contributed by atoms with E-state index in [0.717, 1.165) is 15.6 Å². The summed E-state index contributed by atoms with van der Waals surface area (Å²) in [6.45, 7) is 1.82. The summed E-state index contributed by atoms with van der Waals surface area (Å²) < 4.78 is 38.1. The Kier molecular flexibility index (Phi) is 4.80. The van der Waals surface area contributed by atoms with Crippen LogP contribution < -0.4 is 0 Å². The molecule has 1 aromatic heterocycles. The van der Waals surface area contributed by atoms with Crippen molar-refractivity contribution in [3.05, 3.63) is 34.7 Å². The number of carbonyl (C=O) groups is 1. The largest absolute Gasteiger partial charge is 0.477 e. The van der Waals surface area contributed by atoms with E-state index >= 15 is 0 Å². The van der Waals surface area contributed by atoms with Crippen LogP contribution in [0.3, 0.4) is 0 Å². The predicted octanol–water partition coefficient (Wildman–Crippen LogP) is 3.28. The zero-order chi connectivity index (χ0) is 17.3. The molecule has 1 aliphatic rings. The first-order valence-corrected chi connectivity index (χ1v) is 8.39. The highest BCUT2D eigenvalue weighted by Crippen LogP contribution is 2.27. The van der Waals surface area contributed by atoms with E-state index in [1.807, 2.05) is 18.2 Å². The Morgan fingerprint density at radius 2 is 1.79 bits per heavy atom. The van der Waals surface area contributed by atoms with Gasteiger partial charge in [-0.05, 0) is 23.1 Å². The molecule has 1 N–H and O–H groups in total. The van der Waals surface area contributed by atoms with Gasteiger partial charge in [-0.15, -0.1) is 11.3 Å². The first-order chi connectivity index (χ1) is 11.3. The monoisotopic (exact) mass is 358 g/mol. The molecule has 0 atom stereocenters. The van der Waals surface area contributed by atoms with Gasteiger partial charge in [0, 0.05) is 37.4 Å². The molecule has 0 spiro atoms. The lowest BCUT2D eigenvalue weighted by atomic mass is 10.1. The maximum absolute atomic E-state index is 12.4. The fraction of sp³-hybridized carbons (Fsp3) is 0.438. The van der Waals surface area contributed by atoms with Crippen LogP contribution in [0.2, 0.25) is 0 Å². The van der Waals surface area contributed by atoms with Gasteiger partial charge in [0.2, 0.25) is 0 Å². The third-order valence-electron chi connectivity index (χ3n) is 4.07. The normalized spacial score (nSPS) is 17.5. The van der Waals surface area contributed by atoms with Crippen LogP contribution in [-0.4, -0.2) is 59.8 Å². The summed E-state index contributed by atoms with van der Waals surface area (Å²) in [5, 5.41) is 9.94. The number of benzene rings is 1. The number of carboxylic acids is 1. The lowest BCUT2D eigenvalue weighted by Gasteiger charge is -2.35. The molecule has 24 heavy (non-hydrogen) atoms. The number of fused-ring (bicyclic) bond motifs is 1. The number of thiophene rings is 1. The second kappa shape index (κ2) is 6.70. The second-order valence-corrected chi connectivity index (χ2v) is 7.04. The van der Waals surface area contributed by atoms with E-state index in [0.29, 0.717) is 37.6 Å². The molecule has 0 amide bonds. The van der Waals surface area contributed by atoms with Crippen molar-refractivity contribution in [2.75, 3.05) is 32.7 Å². The van der Waals surface area contributed by atoms with Crippen LogP contribution in [0.4, 0.5) is 13.2 Å². The summed E-state index contributed by atoms with van der Waals surface area (Å²) in [7, 11) is 0. The van der Waals surface area contributed by atoms with Crippen molar-refractivity contribution in [1.82, 2.24) is 9.80 Å². The molecule has 8 heteroatoms. The predicted molar refractivity (Wildman–Crippen MR) is 86.6 cm³/mol. The highest BCUT2D eigenvalue weighted by molar-refractivity contribution is 7.20. The molecule has 2 heterocycles. The van der Waals surface area contributed by atoms with Crippen molar-refractivity contribution in [2.45, 2.75) is 12.7 Å². The lowest BCUT2D eigenvalue weighted by Crippen LogP contribution is -2.48. The number of carboxylic acid groups (broad SMARTS) is 1. The standard InChI is InChI=1S/C16H17F3N2O2S/c17-16(18,19)10-21-5-3-20(4-6-21)9-11-1-2-12-8-14(15(22)23)24-13(12)7-11/h1-2,7-8H,3-6,9-10H2,(H,22,23). The van der Waals surface area contributed by atoms with Gasteiger partial charge >= 0.3 is 12.1 Å². The van der Waals surface area contributed by atoms with Crippen LogP contribution in [0.5, 0.6) is 0 Å². The molecule has 2 aromatic rings. The van der Waals surface area contributed by atoms with E-state index in [-0.39, 0.29) is 0 Å². The van der Waals surface area contributed by atoms with Crippen LogP contribution in [-0.2, 0) is 6.54 Å². The van der Waals surface area contributed by atoms with Crippen LogP contribution in [0, 0.1) is 0 Å². The van der Waals surface area contributed by atoms with Gasteiger partial charge in [0.15, 0.2) is 0 Å².